The summed E-state index contributed by atoms with van der Waals surface area (Å²) in [5.74, 6) is 0.865. The molecular weight excluding hydrogens is 262 g/mol. The molecular formula is C17H23N3O. The number of nitrogens with one attached hydrogen (secondary N) is 1. The van der Waals surface area contributed by atoms with E-state index in [0.717, 1.165) is 31.0 Å². The molecule has 4 heteroatoms. The van der Waals surface area contributed by atoms with Gasteiger partial charge in [0.1, 0.15) is 5.82 Å². The Kier molecular flexibility index (Phi) is 5.84. The molecule has 0 aliphatic rings. The van der Waals surface area contributed by atoms with E-state index >= 15 is 0 Å². The summed E-state index contributed by atoms with van der Waals surface area (Å²) in [4.78, 5) is 8.97. The molecule has 112 valence electrons. The van der Waals surface area contributed by atoms with Crippen LogP contribution in [-0.2, 0) is 17.7 Å². The molecule has 0 radical (unpaired) electrons. The van der Waals surface area contributed by atoms with Crippen molar-refractivity contribution in [2.24, 2.45) is 0 Å². The van der Waals surface area contributed by atoms with Crippen LogP contribution in [0.3, 0.4) is 0 Å². The van der Waals surface area contributed by atoms with Crippen LogP contribution in [0, 0.1) is 13.8 Å². The monoisotopic (exact) mass is 285 g/mol. The van der Waals surface area contributed by atoms with E-state index in [1.807, 2.05) is 12.3 Å². The molecule has 1 aromatic carbocycles. The maximum Gasteiger partial charge on any atom is 0.132 e. The van der Waals surface area contributed by atoms with Gasteiger partial charge in [-0.15, -0.1) is 0 Å². The number of aryl methyl sites for hydroxylation is 2. The van der Waals surface area contributed by atoms with Gasteiger partial charge in [-0.05, 0) is 36.6 Å². The zero-order chi connectivity index (χ0) is 15.1. The molecule has 4 nitrogen and oxygen atoms in total. The first-order valence-corrected chi connectivity index (χ1v) is 7.25. The standard InChI is InChI=1S/C17H23N3O/c1-13-4-5-15(10-14(13)2)11-17-19-7-6-16(20-17)12-18-8-9-21-3/h4-7,10,18H,8-9,11-12H2,1-3H3. The topological polar surface area (TPSA) is 47.0 Å². The Labute approximate surface area is 126 Å². The Morgan fingerprint density at radius 2 is 2.00 bits per heavy atom. The Bertz CT molecular complexity index is 584. The molecule has 0 bridgehead atoms. The zero-order valence-corrected chi connectivity index (χ0v) is 13.0. The number of hydrogen-bond acceptors (Lipinski definition) is 4. The van der Waals surface area contributed by atoms with Gasteiger partial charge in [0.25, 0.3) is 0 Å². The first kappa shape index (κ1) is 15.6. The molecule has 0 saturated carbocycles. The quantitative estimate of drug-likeness (QED) is 0.794. The maximum atomic E-state index is 5.01. The average molecular weight is 285 g/mol. The Balaban J connectivity index is 1.98. The summed E-state index contributed by atoms with van der Waals surface area (Å²) in [5.41, 5.74) is 4.89. The second kappa shape index (κ2) is 7.86. The van der Waals surface area contributed by atoms with Crippen molar-refractivity contribution in [2.75, 3.05) is 20.3 Å². The van der Waals surface area contributed by atoms with Gasteiger partial charge in [-0.3, -0.25) is 0 Å². The lowest BCUT2D eigenvalue weighted by atomic mass is 10.0. The van der Waals surface area contributed by atoms with E-state index in [1.165, 1.54) is 16.7 Å². The van der Waals surface area contributed by atoms with Gasteiger partial charge >= 0.3 is 0 Å². The summed E-state index contributed by atoms with van der Waals surface area (Å²) in [7, 11) is 1.70. The average Bonchev–Trinajstić information content (AvgIpc) is 2.48. The minimum absolute atomic E-state index is 0.709. The molecule has 0 amide bonds. The number of ether oxygens (including phenoxy) is 1. The third kappa shape index (κ3) is 4.92. The molecule has 2 aromatic rings. The summed E-state index contributed by atoms with van der Waals surface area (Å²) in [5, 5.41) is 3.29. The predicted octanol–water partition coefficient (Wildman–Crippen LogP) is 2.42. The van der Waals surface area contributed by atoms with Crippen LogP contribution in [0.25, 0.3) is 0 Å². The van der Waals surface area contributed by atoms with Crippen LogP contribution < -0.4 is 5.32 Å². The fraction of sp³-hybridized carbons (Fsp3) is 0.412. The van der Waals surface area contributed by atoms with Gasteiger partial charge in [0, 0.05) is 32.8 Å². The molecule has 0 saturated heterocycles. The van der Waals surface area contributed by atoms with Crippen LogP contribution in [0.2, 0.25) is 0 Å². The molecule has 0 atom stereocenters. The number of rotatable bonds is 7. The molecule has 0 fully saturated rings. The Morgan fingerprint density at radius 1 is 1.14 bits per heavy atom. The van der Waals surface area contributed by atoms with Crippen LogP contribution in [0.1, 0.15) is 28.2 Å². The summed E-state index contributed by atoms with van der Waals surface area (Å²) >= 11 is 0. The van der Waals surface area contributed by atoms with Crippen LogP contribution in [0.15, 0.2) is 30.5 Å². The normalized spacial score (nSPS) is 10.8. The first-order valence-electron chi connectivity index (χ1n) is 7.25. The molecule has 21 heavy (non-hydrogen) atoms. The molecule has 1 N–H and O–H groups in total. The summed E-state index contributed by atoms with van der Waals surface area (Å²) in [6.45, 7) is 6.54. The van der Waals surface area contributed by atoms with Gasteiger partial charge in [-0.2, -0.15) is 0 Å². The smallest absolute Gasteiger partial charge is 0.132 e. The largest absolute Gasteiger partial charge is 0.383 e. The molecule has 2 rings (SSSR count). The van der Waals surface area contributed by atoms with Gasteiger partial charge in [0.2, 0.25) is 0 Å². The highest BCUT2D eigenvalue weighted by atomic mass is 16.5. The lowest BCUT2D eigenvalue weighted by Crippen LogP contribution is -2.19. The fourth-order valence-electron chi connectivity index (χ4n) is 2.11. The Hall–Kier alpha value is -1.78. The lowest BCUT2D eigenvalue weighted by Gasteiger charge is -2.07. The molecule has 0 aliphatic carbocycles. The van der Waals surface area contributed by atoms with Crippen molar-refractivity contribution in [3.8, 4) is 0 Å². The highest BCUT2D eigenvalue weighted by Crippen LogP contribution is 2.12. The second-order valence-electron chi connectivity index (χ2n) is 5.23. The number of aromatic nitrogens is 2. The van der Waals surface area contributed by atoms with Crippen molar-refractivity contribution in [1.82, 2.24) is 15.3 Å². The fourth-order valence-corrected chi connectivity index (χ4v) is 2.11. The highest BCUT2D eigenvalue weighted by Gasteiger charge is 2.03. The summed E-state index contributed by atoms with van der Waals surface area (Å²) < 4.78 is 5.01. The van der Waals surface area contributed by atoms with E-state index < -0.39 is 0 Å². The van der Waals surface area contributed by atoms with Crippen LogP contribution in [0.4, 0.5) is 0 Å². The van der Waals surface area contributed by atoms with Gasteiger partial charge in [0.05, 0.1) is 12.3 Å². The predicted molar refractivity (Wildman–Crippen MR) is 84.3 cm³/mol. The molecule has 0 spiro atoms. The number of methoxy groups -OCH3 is 1. The third-order valence-electron chi connectivity index (χ3n) is 3.49. The van der Waals surface area contributed by atoms with E-state index in [-0.39, 0.29) is 0 Å². The Morgan fingerprint density at radius 3 is 2.76 bits per heavy atom. The van der Waals surface area contributed by atoms with Gasteiger partial charge in [0.15, 0.2) is 0 Å². The molecule has 1 heterocycles. The minimum atomic E-state index is 0.709. The van der Waals surface area contributed by atoms with Crippen molar-refractivity contribution in [3.63, 3.8) is 0 Å². The van der Waals surface area contributed by atoms with E-state index in [0.29, 0.717) is 6.61 Å². The van der Waals surface area contributed by atoms with E-state index in [2.05, 4.69) is 47.3 Å². The van der Waals surface area contributed by atoms with E-state index in [4.69, 9.17) is 4.74 Å². The summed E-state index contributed by atoms with van der Waals surface area (Å²) in [6.07, 6.45) is 2.60. The molecule has 1 aromatic heterocycles. The lowest BCUT2D eigenvalue weighted by molar-refractivity contribution is 0.199. The number of hydrogen-bond donors (Lipinski definition) is 1. The molecule has 0 unspecified atom stereocenters. The van der Waals surface area contributed by atoms with Crippen LogP contribution >= 0.6 is 0 Å². The second-order valence-corrected chi connectivity index (χ2v) is 5.23. The van der Waals surface area contributed by atoms with Gasteiger partial charge < -0.3 is 10.1 Å². The van der Waals surface area contributed by atoms with E-state index in [1.54, 1.807) is 7.11 Å². The van der Waals surface area contributed by atoms with Crippen molar-refractivity contribution >= 4 is 0 Å². The number of benzene rings is 1. The van der Waals surface area contributed by atoms with Crippen molar-refractivity contribution in [2.45, 2.75) is 26.8 Å². The first-order chi connectivity index (χ1) is 10.2. The highest BCUT2D eigenvalue weighted by molar-refractivity contribution is 5.31. The van der Waals surface area contributed by atoms with Gasteiger partial charge in [-0.25, -0.2) is 9.97 Å². The minimum Gasteiger partial charge on any atom is -0.383 e. The van der Waals surface area contributed by atoms with Crippen molar-refractivity contribution in [1.29, 1.82) is 0 Å². The SMILES string of the molecule is COCCNCc1ccnc(Cc2ccc(C)c(C)c2)n1. The van der Waals surface area contributed by atoms with Crippen molar-refractivity contribution in [3.05, 3.63) is 58.7 Å². The van der Waals surface area contributed by atoms with Gasteiger partial charge in [-0.1, -0.05) is 18.2 Å². The zero-order valence-electron chi connectivity index (χ0n) is 13.0. The maximum absolute atomic E-state index is 5.01. The number of nitrogens with zero attached hydrogens (tertiary/aromatic N) is 2. The third-order valence-corrected chi connectivity index (χ3v) is 3.49. The van der Waals surface area contributed by atoms with Crippen LogP contribution in [0.5, 0.6) is 0 Å². The molecule has 0 aliphatic heterocycles. The van der Waals surface area contributed by atoms with Crippen LogP contribution in [-0.4, -0.2) is 30.2 Å². The summed E-state index contributed by atoms with van der Waals surface area (Å²) in [6, 6.07) is 8.46. The van der Waals surface area contributed by atoms with E-state index in [9.17, 15) is 0 Å². The van der Waals surface area contributed by atoms with Crippen molar-refractivity contribution < 1.29 is 4.74 Å².